The van der Waals surface area contributed by atoms with E-state index in [0.29, 0.717) is 5.69 Å². The number of hydrogen-bond acceptors (Lipinski definition) is 5. The number of carbonyl (C=O) groups is 2. The quantitative estimate of drug-likeness (QED) is 0.661. The second-order valence-electron chi connectivity index (χ2n) is 4.99. The van der Waals surface area contributed by atoms with E-state index in [4.69, 9.17) is 5.73 Å². The largest absolute Gasteiger partial charge is 0.354 e. The molecule has 1 aliphatic rings. The van der Waals surface area contributed by atoms with E-state index >= 15 is 0 Å². The lowest BCUT2D eigenvalue weighted by Crippen LogP contribution is -2.49. The molecule has 1 heterocycles. The van der Waals surface area contributed by atoms with Gasteiger partial charge in [0.05, 0.1) is 17.5 Å². The Bertz CT molecular complexity index is 687. The third-order valence-corrected chi connectivity index (χ3v) is 5.00. The van der Waals surface area contributed by atoms with Gasteiger partial charge in [-0.05, 0) is 25.1 Å². The van der Waals surface area contributed by atoms with Crippen LogP contribution in [0.15, 0.2) is 29.2 Å². The van der Waals surface area contributed by atoms with Gasteiger partial charge in [0.25, 0.3) is 0 Å². The predicted octanol–water partition coefficient (Wildman–Crippen LogP) is -0.907. The molecule has 0 aromatic heterocycles. The van der Waals surface area contributed by atoms with Gasteiger partial charge in [-0.3, -0.25) is 9.59 Å². The number of hydrogen-bond donors (Lipinski definition) is 3. The molecule has 1 saturated heterocycles. The Balaban J connectivity index is 2.24. The summed E-state index contributed by atoms with van der Waals surface area (Å²) in [4.78, 5) is 22.9. The molecule has 0 unspecified atom stereocenters. The number of rotatable bonds is 4. The lowest BCUT2D eigenvalue weighted by molar-refractivity contribution is -0.122. The molecule has 1 aliphatic heterocycles. The van der Waals surface area contributed by atoms with Crippen LogP contribution in [-0.4, -0.2) is 50.2 Å². The predicted molar refractivity (Wildman–Crippen MR) is 80.5 cm³/mol. The molecule has 1 atom stereocenters. The molecule has 0 aliphatic carbocycles. The molecule has 1 aromatic rings. The number of sulfonamides is 1. The fraction of sp³-hybridized carbons (Fsp3) is 0.385. The highest BCUT2D eigenvalue weighted by molar-refractivity contribution is 7.89. The fourth-order valence-electron chi connectivity index (χ4n) is 1.96. The number of amides is 2. The molecule has 4 N–H and O–H groups in total. The highest BCUT2D eigenvalue weighted by Crippen LogP contribution is 2.20. The van der Waals surface area contributed by atoms with Crippen LogP contribution in [0, 0.1) is 0 Å². The second-order valence-corrected chi connectivity index (χ2v) is 6.93. The van der Waals surface area contributed by atoms with Crippen LogP contribution in [0.5, 0.6) is 0 Å². The maximum absolute atomic E-state index is 12.5. The van der Waals surface area contributed by atoms with Crippen LogP contribution in [0.1, 0.15) is 6.92 Å². The minimum absolute atomic E-state index is 0.0182. The number of anilines is 1. The monoisotopic (exact) mass is 326 g/mol. The standard InChI is InChI=1S/C13H18N4O4S/c1-9(14)13(19)16-10-3-2-4-11(7-10)22(20,21)17-6-5-15-12(18)8-17/h2-4,7,9H,5-6,8,14H2,1H3,(H,15,18)(H,16,19)/t9-/m0/s1. The zero-order chi connectivity index (χ0) is 16.3. The van der Waals surface area contributed by atoms with Crippen LogP contribution in [0.4, 0.5) is 5.69 Å². The molecule has 1 aromatic carbocycles. The van der Waals surface area contributed by atoms with Crippen molar-refractivity contribution in [2.75, 3.05) is 25.0 Å². The third kappa shape index (κ3) is 3.62. The molecule has 22 heavy (non-hydrogen) atoms. The summed E-state index contributed by atoms with van der Waals surface area (Å²) in [5, 5.41) is 5.11. The lowest BCUT2D eigenvalue weighted by Gasteiger charge is -2.26. The van der Waals surface area contributed by atoms with Gasteiger partial charge in [0.2, 0.25) is 21.8 Å². The van der Waals surface area contributed by atoms with Gasteiger partial charge in [-0.2, -0.15) is 4.31 Å². The van der Waals surface area contributed by atoms with Crippen molar-refractivity contribution >= 4 is 27.5 Å². The third-order valence-electron chi connectivity index (χ3n) is 3.16. The SMILES string of the molecule is C[C@H](N)C(=O)Nc1cccc(S(=O)(=O)N2CCNC(=O)C2)c1. The van der Waals surface area contributed by atoms with Crippen molar-refractivity contribution in [1.82, 2.24) is 9.62 Å². The molecule has 0 saturated carbocycles. The number of carbonyl (C=O) groups excluding carboxylic acids is 2. The molecule has 2 rings (SSSR count). The van der Waals surface area contributed by atoms with Crippen LogP contribution in [0.3, 0.4) is 0 Å². The highest BCUT2D eigenvalue weighted by atomic mass is 32.2. The van der Waals surface area contributed by atoms with Crippen molar-refractivity contribution < 1.29 is 18.0 Å². The summed E-state index contributed by atoms with van der Waals surface area (Å²) in [5.74, 6) is -0.747. The van der Waals surface area contributed by atoms with E-state index in [1.807, 2.05) is 0 Å². The molecule has 2 amide bonds. The minimum Gasteiger partial charge on any atom is -0.354 e. The van der Waals surface area contributed by atoms with E-state index in [-0.39, 0.29) is 30.4 Å². The van der Waals surface area contributed by atoms with Gasteiger partial charge < -0.3 is 16.4 Å². The first-order valence-electron chi connectivity index (χ1n) is 6.74. The Labute approximate surface area is 128 Å². The van der Waals surface area contributed by atoms with E-state index in [9.17, 15) is 18.0 Å². The van der Waals surface area contributed by atoms with Crippen LogP contribution in [-0.2, 0) is 19.6 Å². The van der Waals surface area contributed by atoms with Crippen molar-refractivity contribution in [2.24, 2.45) is 5.73 Å². The van der Waals surface area contributed by atoms with Gasteiger partial charge in [-0.1, -0.05) is 6.07 Å². The normalized spacial score (nSPS) is 17.6. The summed E-state index contributed by atoms with van der Waals surface area (Å²) in [6.45, 7) is 1.81. The summed E-state index contributed by atoms with van der Waals surface area (Å²) in [7, 11) is -3.78. The van der Waals surface area contributed by atoms with Crippen molar-refractivity contribution in [3.05, 3.63) is 24.3 Å². The first-order valence-corrected chi connectivity index (χ1v) is 8.18. The molecule has 0 bridgehead atoms. The van der Waals surface area contributed by atoms with Crippen LogP contribution in [0.2, 0.25) is 0 Å². The summed E-state index contributed by atoms with van der Waals surface area (Å²) in [6, 6.07) is 5.16. The first-order chi connectivity index (χ1) is 10.3. The van der Waals surface area contributed by atoms with Crippen LogP contribution >= 0.6 is 0 Å². The molecule has 120 valence electrons. The minimum atomic E-state index is -3.78. The molecule has 9 heteroatoms. The van der Waals surface area contributed by atoms with Crippen LogP contribution in [0.25, 0.3) is 0 Å². The van der Waals surface area contributed by atoms with E-state index < -0.39 is 22.0 Å². The van der Waals surface area contributed by atoms with Gasteiger partial charge >= 0.3 is 0 Å². The van der Waals surface area contributed by atoms with E-state index in [0.717, 1.165) is 4.31 Å². The van der Waals surface area contributed by atoms with E-state index in [1.165, 1.54) is 25.1 Å². The van der Waals surface area contributed by atoms with Crippen molar-refractivity contribution in [3.63, 3.8) is 0 Å². The lowest BCUT2D eigenvalue weighted by atomic mass is 10.3. The summed E-state index contributed by atoms with van der Waals surface area (Å²) >= 11 is 0. The van der Waals surface area contributed by atoms with Crippen molar-refractivity contribution in [2.45, 2.75) is 17.9 Å². The summed E-state index contributed by atoms with van der Waals surface area (Å²) < 4.78 is 26.1. The Hall–Kier alpha value is -1.97. The fourth-order valence-corrected chi connectivity index (χ4v) is 3.40. The zero-order valence-corrected chi connectivity index (χ0v) is 12.9. The Morgan fingerprint density at radius 2 is 2.18 bits per heavy atom. The maximum Gasteiger partial charge on any atom is 0.243 e. The van der Waals surface area contributed by atoms with Gasteiger partial charge in [0.1, 0.15) is 0 Å². The number of piperazine rings is 1. The summed E-state index contributed by atoms with van der Waals surface area (Å²) in [6.07, 6.45) is 0. The Morgan fingerprint density at radius 1 is 1.45 bits per heavy atom. The number of nitrogens with zero attached hydrogens (tertiary/aromatic N) is 1. The topological polar surface area (TPSA) is 122 Å². The van der Waals surface area contributed by atoms with Gasteiger partial charge in [-0.15, -0.1) is 0 Å². The molecule has 0 radical (unpaired) electrons. The van der Waals surface area contributed by atoms with Gasteiger partial charge in [0.15, 0.2) is 0 Å². The first kappa shape index (κ1) is 16.4. The van der Waals surface area contributed by atoms with Crippen molar-refractivity contribution in [3.8, 4) is 0 Å². The zero-order valence-electron chi connectivity index (χ0n) is 12.1. The van der Waals surface area contributed by atoms with Crippen LogP contribution < -0.4 is 16.4 Å². The van der Waals surface area contributed by atoms with E-state index in [1.54, 1.807) is 6.07 Å². The highest BCUT2D eigenvalue weighted by Gasteiger charge is 2.29. The molecular formula is C13H18N4O4S. The van der Waals surface area contributed by atoms with Gasteiger partial charge in [-0.25, -0.2) is 8.42 Å². The number of nitrogens with one attached hydrogen (secondary N) is 2. The Morgan fingerprint density at radius 3 is 2.82 bits per heavy atom. The molecule has 8 nitrogen and oxygen atoms in total. The van der Waals surface area contributed by atoms with Gasteiger partial charge in [0, 0.05) is 18.8 Å². The average Bonchev–Trinajstić information content (AvgIpc) is 2.47. The second kappa shape index (κ2) is 6.42. The summed E-state index contributed by atoms with van der Waals surface area (Å²) in [5.41, 5.74) is 5.79. The number of benzene rings is 1. The average molecular weight is 326 g/mol. The molecule has 0 spiro atoms. The van der Waals surface area contributed by atoms with E-state index in [2.05, 4.69) is 10.6 Å². The van der Waals surface area contributed by atoms with Crippen molar-refractivity contribution in [1.29, 1.82) is 0 Å². The molecule has 1 fully saturated rings. The Kier molecular flexibility index (Phi) is 4.79. The maximum atomic E-state index is 12.5. The smallest absolute Gasteiger partial charge is 0.243 e. The number of nitrogens with two attached hydrogens (primary N) is 1. The molecular weight excluding hydrogens is 308 g/mol.